The molecule has 0 unspecified atom stereocenters. The van der Waals surface area contributed by atoms with Crippen LogP contribution in [0.4, 0.5) is 13.2 Å². The van der Waals surface area contributed by atoms with Gasteiger partial charge >= 0.3 is 0 Å². The molecule has 1 aromatic heterocycles. The lowest BCUT2D eigenvalue weighted by Gasteiger charge is -2.05. The third kappa shape index (κ3) is 2.23. The Morgan fingerprint density at radius 2 is 1.86 bits per heavy atom. The number of hydrogen-bond donors (Lipinski definition) is 0. The molecule has 3 rings (SSSR count). The number of nitrogens with zero attached hydrogens (tertiary/aromatic N) is 3. The molecule has 6 heteroatoms. The van der Waals surface area contributed by atoms with E-state index in [4.69, 9.17) is 5.26 Å². The SMILES string of the molecule is N#CCn1c(-c2cccc(F)c2)nc2cc(F)c(F)cc21. The van der Waals surface area contributed by atoms with E-state index in [1.165, 1.54) is 22.8 Å². The van der Waals surface area contributed by atoms with Crippen molar-refractivity contribution >= 4 is 11.0 Å². The first-order chi connectivity index (χ1) is 10.1. The molecule has 0 bridgehead atoms. The van der Waals surface area contributed by atoms with E-state index in [0.717, 1.165) is 12.1 Å². The normalized spacial score (nSPS) is 10.8. The molecule has 0 fully saturated rings. The Bertz CT molecular complexity index is 878. The van der Waals surface area contributed by atoms with E-state index < -0.39 is 17.5 Å². The molecule has 0 atom stereocenters. The maximum absolute atomic E-state index is 13.4. The third-order valence-corrected chi connectivity index (χ3v) is 3.10. The van der Waals surface area contributed by atoms with Crippen molar-refractivity contribution in [3.63, 3.8) is 0 Å². The van der Waals surface area contributed by atoms with Crippen LogP contribution in [0.3, 0.4) is 0 Å². The maximum Gasteiger partial charge on any atom is 0.161 e. The molecule has 0 aliphatic rings. The molecule has 0 N–H and O–H groups in total. The van der Waals surface area contributed by atoms with Crippen molar-refractivity contribution in [3.05, 3.63) is 53.8 Å². The summed E-state index contributed by atoms with van der Waals surface area (Å²) in [5, 5.41) is 8.91. The lowest BCUT2D eigenvalue weighted by atomic mass is 10.2. The van der Waals surface area contributed by atoms with Crippen LogP contribution in [-0.4, -0.2) is 9.55 Å². The van der Waals surface area contributed by atoms with Crippen molar-refractivity contribution in [2.75, 3.05) is 0 Å². The summed E-state index contributed by atoms with van der Waals surface area (Å²) < 4.78 is 41.4. The van der Waals surface area contributed by atoms with Crippen LogP contribution in [0.25, 0.3) is 22.4 Å². The first-order valence-corrected chi connectivity index (χ1v) is 6.08. The van der Waals surface area contributed by atoms with Crippen molar-refractivity contribution in [2.24, 2.45) is 0 Å². The maximum atomic E-state index is 13.4. The monoisotopic (exact) mass is 287 g/mol. The van der Waals surface area contributed by atoms with Gasteiger partial charge in [-0.1, -0.05) is 12.1 Å². The highest BCUT2D eigenvalue weighted by Crippen LogP contribution is 2.26. The number of nitriles is 1. The van der Waals surface area contributed by atoms with Gasteiger partial charge in [0.2, 0.25) is 0 Å². The molecule has 0 saturated carbocycles. The van der Waals surface area contributed by atoms with Gasteiger partial charge in [0.1, 0.15) is 18.2 Å². The van der Waals surface area contributed by atoms with E-state index >= 15 is 0 Å². The van der Waals surface area contributed by atoms with Crippen molar-refractivity contribution in [1.82, 2.24) is 9.55 Å². The van der Waals surface area contributed by atoms with Crippen molar-refractivity contribution in [3.8, 4) is 17.5 Å². The number of imidazole rings is 1. The summed E-state index contributed by atoms with van der Waals surface area (Å²) in [7, 11) is 0. The highest BCUT2D eigenvalue weighted by molar-refractivity contribution is 5.81. The van der Waals surface area contributed by atoms with Crippen LogP contribution in [0.15, 0.2) is 36.4 Å². The van der Waals surface area contributed by atoms with Crippen LogP contribution in [0.1, 0.15) is 0 Å². The number of fused-ring (bicyclic) bond motifs is 1. The van der Waals surface area contributed by atoms with Gasteiger partial charge in [-0.2, -0.15) is 5.26 Å². The minimum Gasteiger partial charge on any atom is -0.310 e. The number of benzene rings is 2. The predicted molar refractivity (Wildman–Crippen MR) is 70.7 cm³/mol. The Hall–Kier alpha value is -2.81. The van der Waals surface area contributed by atoms with Gasteiger partial charge < -0.3 is 4.57 Å². The summed E-state index contributed by atoms with van der Waals surface area (Å²) in [6, 6.07) is 9.53. The molecule has 21 heavy (non-hydrogen) atoms. The Labute approximate surface area is 117 Å². The quantitative estimate of drug-likeness (QED) is 0.722. The summed E-state index contributed by atoms with van der Waals surface area (Å²) in [6.07, 6.45) is 0. The summed E-state index contributed by atoms with van der Waals surface area (Å²) >= 11 is 0. The zero-order valence-corrected chi connectivity index (χ0v) is 10.6. The van der Waals surface area contributed by atoms with Crippen molar-refractivity contribution < 1.29 is 13.2 Å². The average molecular weight is 287 g/mol. The molecule has 3 aromatic rings. The van der Waals surface area contributed by atoms with E-state index in [0.29, 0.717) is 5.56 Å². The minimum absolute atomic E-state index is 0.104. The molecule has 0 aliphatic heterocycles. The second-order valence-corrected chi connectivity index (χ2v) is 4.45. The zero-order valence-electron chi connectivity index (χ0n) is 10.6. The van der Waals surface area contributed by atoms with Crippen LogP contribution in [0, 0.1) is 28.8 Å². The predicted octanol–water partition coefficient (Wildman–Crippen LogP) is 3.64. The van der Waals surface area contributed by atoms with Crippen molar-refractivity contribution in [2.45, 2.75) is 6.54 Å². The largest absolute Gasteiger partial charge is 0.310 e. The number of aromatic nitrogens is 2. The van der Waals surface area contributed by atoms with Gasteiger partial charge in [-0.25, -0.2) is 18.2 Å². The highest BCUT2D eigenvalue weighted by Gasteiger charge is 2.15. The number of hydrogen-bond acceptors (Lipinski definition) is 2. The van der Waals surface area contributed by atoms with E-state index in [9.17, 15) is 13.2 Å². The second kappa shape index (κ2) is 4.94. The van der Waals surface area contributed by atoms with Gasteiger partial charge in [-0.05, 0) is 12.1 Å². The molecule has 0 saturated heterocycles. The summed E-state index contributed by atoms with van der Waals surface area (Å²) in [5.74, 6) is -2.21. The lowest BCUT2D eigenvalue weighted by Crippen LogP contribution is -1.99. The minimum atomic E-state index is -1.02. The molecule has 2 aromatic carbocycles. The molecular formula is C15H8F3N3. The Balaban J connectivity index is 2.32. The number of halogens is 3. The third-order valence-electron chi connectivity index (χ3n) is 3.10. The van der Waals surface area contributed by atoms with Gasteiger partial charge in [-0.3, -0.25) is 0 Å². The van der Waals surface area contributed by atoms with Crippen LogP contribution in [-0.2, 0) is 6.54 Å². The van der Waals surface area contributed by atoms with E-state index in [-0.39, 0.29) is 23.4 Å². The Morgan fingerprint density at radius 3 is 2.57 bits per heavy atom. The smallest absolute Gasteiger partial charge is 0.161 e. The Morgan fingerprint density at radius 1 is 1.10 bits per heavy atom. The van der Waals surface area contributed by atoms with Gasteiger partial charge in [0.25, 0.3) is 0 Å². The second-order valence-electron chi connectivity index (χ2n) is 4.45. The fourth-order valence-electron chi connectivity index (χ4n) is 2.20. The van der Waals surface area contributed by atoms with Crippen LogP contribution >= 0.6 is 0 Å². The molecule has 0 spiro atoms. The highest BCUT2D eigenvalue weighted by atomic mass is 19.2. The van der Waals surface area contributed by atoms with Gasteiger partial charge in [0.15, 0.2) is 11.6 Å². The molecule has 0 radical (unpaired) electrons. The van der Waals surface area contributed by atoms with E-state index in [1.54, 1.807) is 6.07 Å². The van der Waals surface area contributed by atoms with Gasteiger partial charge in [-0.15, -0.1) is 0 Å². The number of rotatable bonds is 2. The molecule has 104 valence electrons. The average Bonchev–Trinajstić information content (AvgIpc) is 2.78. The van der Waals surface area contributed by atoms with Crippen LogP contribution in [0.2, 0.25) is 0 Å². The first-order valence-electron chi connectivity index (χ1n) is 6.08. The van der Waals surface area contributed by atoms with Crippen molar-refractivity contribution in [1.29, 1.82) is 5.26 Å². The molecule has 0 amide bonds. The van der Waals surface area contributed by atoms with Gasteiger partial charge in [0, 0.05) is 17.7 Å². The zero-order chi connectivity index (χ0) is 15.0. The van der Waals surface area contributed by atoms with E-state index in [1.807, 2.05) is 6.07 Å². The standard InChI is InChI=1S/C15H8F3N3/c16-10-3-1-2-9(6-10)15-20-13-7-11(17)12(18)8-14(13)21(15)5-4-19/h1-3,6-8H,5H2. The fraction of sp³-hybridized carbons (Fsp3) is 0.0667. The molecular weight excluding hydrogens is 279 g/mol. The fourth-order valence-corrected chi connectivity index (χ4v) is 2.20. The van der Waals surface area contributed by atoms with Crippen LogP contribution in [0.5, 0.6) is 0 Å². The summed E-state index contributed by atoms with van der Waals surface area (Å²) in [5.41, 5.74) is 0.931. The summed E-state index contributed by atoms with van der Waals surface area (Å²) in [4.78, 5) is 4.18. The molecule has 3 nitrogen and oxygen atoms in total. The molecule has 0 aliphatic carbocycles. The van der Waals surface area contributed by atoms with Crippen LogP contribution < -0.4 is 0 Å². The van der Waals surface area contributed by atoms with E-state index in [2.05, 4.69) is 4.98 Å². The van der Waals surface area contributed by atoms with Gasteiger partial charge in [0.05, 0.1) is 17.1 Å². The first kappa shape index (κ1) is 13.2. The summed E-state index contributed by atoms with van der Waals surface area (Å²) in [6.45, 7) is -0.104. The topological polar surface area (TPSA) is 41.6 Å². The molecule has 1 heterocycles. The Kier molecular flexibility index (Phi) is 3.10. The lowest BCUT2D eigenvalue weighted by molar-refractivity contribution is 0.510.